The number of fused-ring (bicyclic) bond motifs is 1. The van der Waals surface area contributed by atoms with Gasteiger partial charge in [-0.05, 0) is 24.3 Å². The first kappa shape index (κ1) is 23.4. The molecule has 9 nitrogen and oxygen atoms in total. The smallest absolute Gasteiger partial charge is 0.409 e. The number of nitrogens with one attached hydrogen (secondary N) is 2. The van der Waals surface area contributed by atoms with Crippen molar-refractivity contribution in [3.05, 3.63) is 52.1 Å². The van der Waals surface area contributed by atoms with Gasteiger partial charge in [-0.3, -0.25) is 15.1 Å². The number of pyridine rings is 1. The molecule has 168 valence electrons. The van der Waals surface area contributed by atoms with Crippen LogP contribution in [0.3, 0.4) is 0 Å². The van der Waals surface area contributed by atoms with Gasteiger partial charge < -0.3 is 24.6 Å². The third-order valence-corrected chi connectivity index (χ3v) is 5.19. The van der Waals surface area contributed by atoms with Crippen LogP contribution in [0.25, 0.3) is 10.9 Å². The lowest BCUT2D eigenvalue weighted by Gasteiger charge is -2.15. The van der Waals surface area contributed by atoms with Crippen LogP contribution in [0.1, 0.15) is 10.4 Å². The van der Waals surface area contributed by atoms with E-state index >= 15 is 0 Å². The van der Waals surface area contributed by atoms with Gasteiger partial charge in [0.15, 0.2) is 0 Å². The number of rotatable bonds is 8. The number of ether oxygens (including phenoxy) is 3. The average Bonchev–Trinajstić information content (AvgIpc) is 2.78. The molecule has 0 aliphatic heterocycles. The van der Waals surface area contributed by atoms with E-state index in [4.69, 9.17) is 42.5 Å². The van der Waals surface area contributed by atoms with Crippen molar-refractivity contribution in [1.29, 1.82) is 0 Å². The molecule has 1 aromatic heterocycles. The van der Waals surface area contributed by atoms with Crippen molar-refractivity contribution < 1.29 is 28.9 Å². The van der Waals surface area contributed by atoms with Crippen LogP contribution >= 0.6 is 23.2 Å². The van der Waals surface area contributed by atoms with Crippen LogP contribution in [0.5, 0.6) is 17.2 Å². The summed E-state index contributed by atoms with van der Waals surface area (Å²) in [4.78, 5) is 27.6. The molecule has 0 saturated heterocycles. The fraction of sp³-hybridized carbons (Fsp3) is 0.190. The van der Waals surface area contributed by atoms with Crippen molar-refractivity contribution in [3.8, 4) is 17.2 Å². The van der Waals surface area contributed by atoms with Crippen LogP contribution in [0.4, 0.5) is 10.5 Å². The van der Waals surface area contributed by atoms with Gasteiger partial charge in [-0.1, -0.05) is 23.2 Å². The van der Waals surface area contributed by atoms with Gasteiger partial charge in [0.2, 0.25) is 0 Å². The molecule has 2 amide bonds. The number of carboxylic acid groups (broad SMARTS) is 1. The normalized spacial score (nSPS) is 10.6. The molecule has 11 heteroatoms. The van der Waals surface area contributed by atoms with E-state index in [0.29, 0.717) is 34.6 Å². The molecule has 0 aliphatic carbocycles. The zero-order chi connectivity index (χ0) is 23.3. The highest BCUT2D eigenvalue weighted by molar-refractivity contribution is 6.44. The number of anilines is 1. The van der Waals surface area contributed by atoms with E-state index in [2.05, 4.69) is 15.6 Å². The first-order valence-electron chi connectivity index (χ1n) is 9.28. The van der Waals surface area contributed by atoms with Gasteiger partial charge in [0.25, 0.3) is 5.91 Å². The predicted octanol–water partition coefficient (Wildman–Crippen LogP) is 4.81. The monoisotopic (exact) mass is 479 g/mol. The summed E-state index contributed by atoms with van der Waals surface area (Å²) in [6.07, 6.45) is 0.258. The molecule has 0 radical (unpaired) electrons. The van der Waals surface area contributed by atoms with E-state index in [-0.39, 0.29) is 34.0 Å². The van der Waals surface area contributed by atoms with Gasteiger partial charge >= 0.3 is 6.09 Å². The summed E-state index contributed by atoms with van der Waals surface area (Å²) in [6.45, 7) is 0.612. The van der Waals surface area contributed by atoms with Gasteiger partial charge in [0.1, 0.15) is 28.9 Å². The molecule has 1 heterocycles. The van der Waals surface area contributed by atoms with Crippen LogP contribution in [-0.2, 0) is 4.74 Å². The van der Waals surface area contributed by atoms with Crippen LogP contribution < -0.4 is 20.1 Å². The third kappa shape index (κ3) is 5.13. The van der Waals surface area contributed by atoms with Gasteiger partial charge in [0, 0.05) is 31.8 Å². The van der Waals surface area contributed by atoms with E-state index in [1.165, 1.54) is 25.4 Å². The molecule has 0 atom stereocenters. The first-order chi connectivity index (χ1) is 15.3. The Labute approximate surface area is 193 Å². The average molecular weight is 480 g/mol. The van der Waals surface area contributed by atoms with E-state index in [0.717, 1.165) is 0 Å². The Bertz CT molecular complexity index is 1170. The molecule has 3 rings (SSSR count). The summed E-state index contributed by atoms with van der Waals surface area (Å²) in [5.41, 5.74) is 0.934. The number of nitrogens with zero attached hydrogens (tertiary/aromatic N) is 1. The highest BCUT2D eigenvalue weighted by Gasteiger charge is 2.18. The van der Waals surface area contributed by atoms with E-state index in [1.807, 2.05) is 0 Å². The Hall–Kier alpha value is -3.27. The van der Waals surface area contributed by atoms with E-state index < -0.39 is 6.09 Å². The topological polar surface area (TPSA) is 119 Å². The standard InChI is InChI=1S/C21H19Cl2N3O6/c1-24-20(27)12-9-11-14(10-17(12)31-8-7-30-2)25-6-5-15(11)32-16-4-3-13(26-21(28)29)18(22)19(16)23/h3-6,9-10,26H,7-8H2,1-2H3,(H,24,27)(H,28,29). The molecule has 32 heavy (non-hydrogen) atoms. The summed E-state index contributed by atoms with van der Waals surface area (Å²) in [7, 11) is 3.07. The fourth-order valence-corrected chi connectivity index (χ4v) is 3.25. The number of carbonyl (C=O) groups excluding carboxylic acids is 1. The molecule has 0 fully saturated rings. The third-order valence-electron chi connectivity index (χ3n) is 4.33. The highest BCUT2D eigenvalue weighted by Crippen LogP contribution is 2.41. The quantitative estimate of drug-likeness (QED) is 0.396. The molecule has 0 unspecified atom stereocenters. The summed E-state index contributed by atoms with van der Waals surface area (Å²) in [5, 5.41) is 14.2. The molecule has 0 bridgehead atoms. The van der Waals surface area contributed by atoms with Crippen molar-refractivity contribution >= 4 is 51.8 Å². The number of benzene rings is 2. The SMILES string of the molecule is CNC(=O)c1cc2c(Oc3ccc(NC(=O)O)c(Cl)c3Cl)ccnc2cc1OCCOC. The summed E-state index contributed by atoms with van der Waals surface area (Å²) >= 11 is 12.4. The lowest BCUT2D eigenvalue weighted by atomic mass is 10.1. The molecular formula is C21H19Cl2N3O6. The lowest BCUT2D eigenvalue weighted by molar-refractivity contribution is 0.0955. The van der Waals surface area contributed by atoms with Gasteiger partial charge in [-0.2, -0.15) is 0 Å². The molecule has 0 spiro atoms. The zero-order valence-electron chi connectivity index (χ0n) is 17.1. The Morgan fingerprint density at radius 1 is 1.06 bits per heavy atom. The van der Waals surface area contributed by atoms with Crippen molar-refractivity contribution in [2.75, 3.05) is 32.7 Å². The number of halogens is 2. The minimum Gasteiger partial charge on any atom is -0.490 e. The number of hydrogen-bond donors (Lipinski definition) is 3. The Morgan fingerprint density at radius 2 is 1.84 bits per heavy atom. The minimum absolute atomic E-state index is 0.00944. The number of carbonyl (C=O) groups is 2. The van der Waals surface area contributed by atoms with Crippen molar-refractivity contribution in [2.24, 2.45) is 0 Å². The zero-order valence-corrected chi connectivity index (χ0v) is 18.6. The molecule has 0 saturated carbocycles. The summed E-state index contributed by atoms with van der Waals surface area (Å²) < 4.78 is 16.6. The number of hydrogen-bond acceptors (Lipinski definition) is 6. The first-order valence-corrected chi connectivity index (χ1v) is 10.0. The van der Waals surface area contributed by atoms with Crippen molar-refractivity contribution in [3.63, 3.8) is 0 Å². The lowest BCUT2D eigenvalue weighted by Crippen LogP contribution is -2.19. The molecule has 3 aromatic rings. The van der Waals surface area contributed by atoms with Gasteiger partial charge in [-0.25, -0.2) is 4.79 Å². The fourth-order valence-electron chi connectivity index (χ4n) is 2.84. The Kier molecular flexibility index (Phi) is 7.57. The van der Waals surface area contributed by atoms with Crippen LogP contribution in [0.2, 0.25) is 10.0 Å². The Morgan fingerprint density at radius 3 is 2.53 bits per heavy atom. The number of aromatic nitrogens is 1. The minimum atomic E-state index is -1.28. The summed E-state index contributed by atoms with van der Waals surface area (Å²) in [6, 6.07) is 7.76. The van der Waals surface area contributed by atoms with Crippen LogP contribution in [0, 0.1) is 0 Å². The van der Waals surface area contributed by atoms with Crippen LogP contribution in [0.15, 0.2) is 36.5 Å². The van der Waals surface area contributed by atoms with Crippen LogP contribution in [-0.4, -0.2) is 49.5 Å². The maximum atomic E-state index is 12.4. The molecule has 0 aliphatic rings. The van der Waals surface area contributed by atoms with Crippen molar-refractivity contribution in [2.45, 2.75) is 0 Å². The molecule has 2 aromatic carbocycles. The van der Waals surface area contributed by atoms with Crippen molar-refractivity contribution in [1.82, 2.24) is 10.3 Å². The maximum Gasteiger partial charge on any atom is 0.409 e. The van der Waals surface area contributed by atoms with Gasteiger partial charge in [0.05, 0.1) is 28.4 Å². The second-order valence-electron chi connectivity index (χ2n) is 6.37. The highest BCUT2D eigenvalue weighted by atomic mass is 35.5. The van der Waals surface area contributed by atoms with Gasteiger partial charge in [-0.15, -0.1) is 0 Å². The van der Waals surface area contributed by atoms with E-state index in [9.17, 15) is 9.59 Å². The molecule has 3 N–H and O–H groups in total. The second-order valence-corrected chi connectivity index (χ2v) is 7.12. The number of methoxy groups -OCH3 is 1. The molecular weight excluding hydrogens is 461 g/mol. The van der Waals surface area contributed by atoms with E-state index in [1.54, 1.807) is 25.3 Å². The Balaban J connectivity index is 2.03. The maximum absolute atomic E-state index is 12.4. The second kappa shape index (κ2) is 10.4. The predicted molar refractivity (Wildman–Crippen MR) is 121 cm³/mol. The largest absolute Gasteiger partial charge is 0.490 e. The summed E-state index contributed by atoms with van der Waals surface area (Å²) in [5.74, 6) is 0.561. The number of amides is 2.